The number of barbiturate groups is 1. The van der Waals surface area contributed by atoms with E-state index in [1.807, 2.05) is 24.3 Å². The summed E-state index contributed by atoms with van der Waals surface area (Å²) in [5.41, 5.74) is 1.33. The van der Waals surface area contributed by atoms with Gasteiger partial charge in [-0.3, -0.25) is 9.59 Å². The van der Waals surface area contributed by atoms with Crippen molar-refractivity contribution in [2.45, 2.75) is 32.2 Å². The molecule has 3 aliphatic rings. The van der Waals surface area contributed by atoms with Crippen molar-refractivity contribution >= 4 is 46.5 Å². The van der Waals surface area contributed by atoms with Crippen LogP contribution in [0.5, 0.6) is 0 Å². The van der Waals surface area contributed by atoms with Gasteiger partial charge in [0.2, 0.25) is 0 Å². The maximum absolute atomic E-state index is 14.5. The lowest BCUT2D eigenvalue weighted by Gasteiger charge is -2.56. The van der Waals surface area contributed by atoms with Crippen LogP contribution in [0.3, 0.4) is 0 Å². The number of hydrogen-bond donors (Lipinski definition) is 0. The van der Waals surface area contributed by atoms with Gasteiger partial charge in [0.15, 0.2) is 5.41 Å². The number of nitrogens with zero attached hydrogens (tertiary/aromatic N) is 3. The van der Waals surface area contributed by atoms with Gasteiger partial charge in [0, 0.05) is 17.3 Å². The van der Waals surface area contributed by atoms with Crippen molar-refractivity contribution in [1.29, 1.82) is 0 Å². The fraction of sp³-hybridized carbons (Fsp3) is 0.276. The Bertz CT molecular complexity index is 1300. The minimum absolute atomic E-state index is 0.213. The van der Waals surface area contributed by atoms with Crippen LogP contribution >= 0.6 is 11.6 Å². The van der Waals surface area contributed by atoms with Gasteiger partial charge in [-0.25, -0.2) is 14.6 Å². The number of benzene rings is 3. The molecule has 0 saturated carbocycles. The number of urea groups is 1. The summed E-state index contributed by atoms with van der Waals surface area (Å²) in [6.45, 7) is 2.87. The largest absolute Gasteiger partial charge is 0.367 e. The summed E-state index contributed by atoms with van der Waals surface area (Å²) < 4.78 is 0. The van der Waals surface area contributed by atoms with Gasteiger partial charge in [-0.1, -0.05) is 61.0 Å². The number of amides is 4. The number of hydrogen-bond acceptors (Lipinski definition) is 4. The van der Waals surface area contributed by atoms with Gasteiger partial charge in [0.05, 0.1) is 17.4 Å². The van der Waals surface area contributed by atoms with Crippen LogP contribution in [-0.4, -0.2) is 30.4 Å². The molecule has 3 aromatic carbocycles. The summed E-state index contributed by atoms with van der Waals surface area (Å²) >= 11 is 6.38. The molecule has 0 unspecified atom stereocenters. The average Bonchev–Trinajstić information content (AvgIpc) is 2.89. The van der Waals surface area contributed by atoms with Gasteiger partial charge in [0.25, 0.3) is 11.8 Å². The Morgan fingerprint density at radius 1 is 0.833 bits per heavy atom. The molecule has 2 saturated heterocycles. The van der Waals surface area contributed by atoms with Gasteiger partial charge in [-0.2, -0.15) is 0 Å². The first-order valence-electron chi connectivity index (χ1n) is 12.3. The summed E-state index contributed by atoms with van der Waals surface area (Å²) in [5.74, 6) is -0.585. The molecule has 1 spiro atoms. The Morgan fingerprint density at radius 2 is 1.42 bits per heavy atom. The van der Waals surface area contributed by atoms with E-state index in [4.69, 9.17) is 11.6 Å². The molecule has 36 heavy (non-hydrogen) atoms. The smallest absolute Gasteiger partial charge is 0.342 e. The number of carbonyl (C=O) groups is 3. The molecule has 0 aliphatic carbocycles. The molecule has 3 heterocycles. The summed E-state index contributed by atoms with van der Waals surface area (Å²) in [5, 5.41) is 0.621. The molecule has 2 atom stereocenters. The molecule has 0 N–H and O–H groups in total. The number of para-hydroxylation sites is 2. The first-order chi connectivity index (χ1) is 17.4. The van der Waals surface area contributed by atoms with Crippen molar-refractivity contribution < 1.29 is 14.4 Å². The third kappa shape index (κ3) is 3.28. The lowest BCUT2D eigenvalue weighted by atomic mass is 9.64. The van der Waals surface area contributed by atoms with Crippen molar-refractivity contribution in [2.75, 3.05) is 21.2 Å². The third-order valence-electron chi connectivity index (χ3n) is 7.84. The van der Waals surface area contributed by atoms with Crippen LogP contribution in [0.4, 0.5) is 21.9 Å². The number of carbonyl (C=O) groups excluding carboxylic acids is 3. The highest BCUT2D eigenvalue weighted by Gasteiger charge is 2.65. The molecular formula is C29H26ClN3O3. The zero-order chi connectivity index (χ0) is 25.0. The van der Waals surface area contributed by atoms with E-state index in [2.05, 4.69) is 11.8 Å². The minimum Gasteiger partial charge on any atom is -0.367 e. The van der Waals surface area contributed by atoms with Crippen molar-refractivity contribution in [3.05, 3.63) is 89.4 Å². The summed E-state index contributed by atoms with van der Waals surface area (Å²) in [6.07, 6.45) is 1.83. The Morgan fingerprint density at radius 3 is 2.00 bits per heavy atom. The lowest BCUT2D eigenvalue weighted by Crippen LogP contribution is -2.74. The molecule has 2 fully saturated rings. The van der Waals surface area contributed by atoms with Crippen molar-refractivity contribution in [3.8, 4) is 0 Å². The Hall–Kier alpha value is -3.64. The van der Waals surface area contributed by atoms with E-state index >= 15 is 0 Å². The number of fused-ring (bicyclic) bond motifs is 4. The molecule has 0 bridgehead atoms. The van der Waals surface area contributed by atoms with Gasteiger partial charge in [-0.05, 0) is 67.1 Å². The number of rotatable bonds is 2. The topological polar surface area (TPSA) is 60.9 Å². The van der Waals surface area contributed by atoms with E-state index in [0.29, 0.717) is 35.3 Å². The normalized spacial score (nSPS) is 23.1. The van der Waals surface area contributed by atoms with Gasteiger partial charge in [-0.15, -0.1) is 0 Å². The van der Waals surface area contributed by atoms with Gasteiger partial charge < -0.3 is 4.90 Å². The van der Waals surface area contributed by atoms with E-state index in [1.54, 1.807) is 54.6 Å². The highest BCUT2D eigenvalue weighted by Crippen LogP contribution is 2.51. The van der Waals surface area contributed by atoms with E-state index in [1.165, 1.54) is 9.80 Å². The second-order valence-corrected chi connectivity index (χ2v) is 10.4. The molecule has 3 aliphatic heterocycles. The molecule has 4 amide bonds. The predicted octanol–water partition coefficient (Wildman–Crippen LogP) is 5.69. The van der Waals surface area contributed by atoms with Crippen LogP contribution in [0.2, 0.25) is 5.02 Å². The SMILES string of the molecule is C[C@@H]1CCN2c3cc(Cl)ccc3CC3(C(=O)N(c4ccccc4)C(=O)N(c4ccccc4)C3=O)[C@@H]2C1. The first kappa shape index (κ1) is 22.8. The monoisotopic (exact) mass is 499 g/mol. The maximum atomic E-state index is 14.5. The molecule has 0 aromatic heterocycles. The zero-order valence-electron chi connectivity index (χ0n) is 19.9. The molecule has 6 rings (SSSR count). The Kier molecular flexibility index (Phi) is 5.38. The quantitative estimate of drug-likeness (QED) is 0.425. The lowest BCUT2D eigenvalue weighted by molar-refractivity contribution is -0.143. The van der Waals surface area contributed by atoms with E-state index in [0.717, 1.165) is 17.7 Å². The molecule has 6 nitrogen and oxygen atoms in total. The van der Waals surface area contributed by atoms with Crippen molar-refractivity contribution in [3.63, 3.8) is 0 Å². The highest BCUT2D eigenvalue weighted by atomic mass is 35.5. The fourth-order valence-electron chi connectivity index (χ4n) is 6.08. The molecule has 7 heteroatoms. The second-order valence-electron chi connectivity index (χ2n) is 9.99. The molecule has 182 valence electrons. The van der Waals surface area contributed by atoms with Crippen LogP contribution in [-0.2, 0) is 16.0 Å². The average molecular weight is 500 g/mol. The van der Waals surface area contributed by atoms with Crippen LogP contribution in [0.1, 0.15) is 25.3 Å². The fourth-order valence-corrected chi connectivity index (χ4v) is 6.25. The standard InChI is InChI=1S/C29H26ClN3O3/c1-19-14-15-31-24-17-21(30)13-12-20(24)18-29(25(31)16-19)26(34)32(22-8-4-2-5-9-22)28(36)33(27(29)35)23-10-6-3-7-11-23/h2-13,17,19,25H,14-16,18H2,1H3/t19-,25+/m1/s1. The molecule has 0 radical (unpaired) electrons. The van der Waals surface area contributed by atoms with E-state index in [-0.39, 0.29) is 6.42 Å². The van der Waals surface area contributed by atoms with Gasteiger partial charge >= 0.3 is 6.03 Å². The van der Waals surface area contributed by atoms with E-state index < -0.39 is 29.3 Å². The number of imide groups is 2. The number of anilines is 3. The van der Waals surface area contributed by atoms with Crippen molar-refractivity contribution in [2.24, 2.45) is 11.3 Å². The summed E-state index contributed by atoms with van der Waals surface area (Å²) in [4.78, 5) is 47.5. The second kappa shape index (κ2) is 8.49. The predicted molar refractivity (Wildman–Crippen MR) is 140 cm³/mol. The van der Waals surface area contributed by atoms with Crippen LogP contribution in [0.15, 0.2) is 78.9 Å². The van der Waals surface area contributed by atoms with Crippen LogP contribution < -0.4 is 14.7 Å². The van der Waals surface area contributed by atoms with Gasteiger partial charge in [0.1, 0.15) is 0 Å². The van der Waals surface area contributed by atoms with Crippen LogP contribution in [0, 0.1) is 11.3 Å². The summed E-state index contributed by atoms with van der Waals surface area (Å²) in [6, 6.07) is 22.4. The van der Waals surface area contributed by atoms with Crippen LogP contribution in [0.25, 0.3) is 0 Å². The number of piperidine rings is 1. The van der Waals surface area contributed by atoms with Crippen molar-refractivity contribution in [1.82, 2.24) is 0 Å². The Balaban J connectivity index is 1.60. The first-order valence-corrected chi connectivity index (χ1v) is 12.7. The molecule has 3 aromatic rings. The highest BCUT2D eigenvalue weighted by molar-refractivity contribution is 6.39. The summed E-state index contributed by atoms with van der Waals surface area (Å²) in [7, 11) is 0. The maximum Gasteiger partial charge on any atom is 0.342 e. The molecular weight excluding hydrogens is 474 g/mol. The van der Waals surface area contributed by atoms with E-state index in [9.17, 15) is 14.4 Å². The zero-order valence-corrected chi connectivity index (χ0v) is 20.7. The third-order valence-corrected chi connectivity index (χ3v) is 8.08. The minimum atomic E-state index is -1.45. The number of halogens is 1. The Labute approximate surface area is 215 Å².